The van der Waals surface area contributed by atoms with E-state index >= 15 is 0 Å². The van der Waals surface area contributed by atoms with Crippen molar-refractivity contribution < 1.29 is 13.6 Å². The highest BCUT2D eigenvalue weighted by molar-refractivity contribution is 7.98. The Morgan fingerprint density at radius 1 is 0.822 bits per heavy atom. The molecule has 0 bridgehead atoms. The number of hydrogen-bond donors (Lipinski definition) is 2. The summed E-state index contributed by atoms with van der Waals surface area (Å²) >= 11 is 1.64. The molecule has 2 N–H and O–H groups in total. The molecule has 4 aromatic carbocycles. The molecule has 0 spiro atoms. The minimum Gasteiger partial charge on any atom is -0.332 e. The van der Waals surface area contributed by atoms with E-state index in [2.05, 4.69) is 53.6 Å². The maximum atomic E-state index is 14.2. The van der Waals surface area contributed by atoms with Crippen LogP contribution in [-0.2, 0) is 12.3 Å². The molecule has 1 heterocycles. The van der Waals surface area contributed by atoms with Gasteiger partial charge in [-0.25, -0.2) is 18.6 Å². The zero-order valence-corrected chi connectivity index (χ0v) is 26.3. The predicted molar refractivity (Wildman–Crippen MR) is 180 cm³/mol. The SMILES string of the molecule is CCCCCCCN(Cc1ccc(CSc2nc(-c3ccccc3)c(-c3ccccc3)[nH]2)cc1)C(=O)Nc1ccc(F)cc1F. The standard InChI is InChI=1S/C37H38F2N4OS/c1-2-3-4-5-12-23-43(37(44)40-33-22-21-31(38)24-32(33)39)25-27-17-19-28(20-18-27)26-45-36-41-34(29-13-8-6-9-14-29)35(42-36)30-15-10-7-11-16-30/h6-11,13-22,24H,2-5,12,23,25-26H2,1H3,(H,40,44)(H,41,42). The predicted octanol–water partition coefficient (Wildman–Crippen LogP) is 10.3. The minimum absolute atomic E-state index is 0.0338. The minimum atomic E-state index is -0.795. The van der Waals surface area contributed by atoms with Crippen molar-refractivity contribution in [2.24, 2.45) is 0 Å². The van der Waals surface area contributed by atoms with Crippen LogP contribution in [0.4, 0.5) is 19.3 Å². The van der Waals surface area contributed by atoms with Gasteiger partial charge in [0.05, 0.1) is 17.1 Å². The van der Waals surface area contributed by atoms with Crippen LogP contribution in [-0.4, -0.2) is 27.4 Å². The number of unbranched alkanes of at least 4 members (excludes halogenated alkanes) is 4. The van der Waals surface area contributed by atoms with Crippen LogP contribution in [0.25, 0.3) is 22.5 Å². The number of thioether (sulfide) groups is 1. The molecule has 0 atom stereocenters. The Kier molecular flexibility index (Phi) is 11.4. The van der Waals surface area contributed by atoms with Crippen molar-refractivity contribution in [2.75, 3.05) is 11.9 Å². The van der Waals surface area contributed by atoms with Crippen LogP contribution < -0.4 is 5.32 Å². The first-order valence-corrected chi connectivity index (χ1v) is 16.4. The number of nitrogens with one attached hydrogen (secondary N) is 2. The number of amides is 2. The topological polar surface area (TPSA) is 61.0 Å². The van der Waals surface area contributed by atoms with Crippen molar-refractivity contribution in [2.45, 2.75) is 56.5 Å². The molecule has 232 valence electrons. The van der Waals surface area contributed by atoms with Gasteiger partial charge in [-0.1, -0.05) is 129 Å². The van der Waals surface area contributed by atoms with Crippen LogP contribution in [0.15, 0.2) is 108 Å². The highest BCUT2D eigenvalue weighted by atomic mass is 32.2. The van der Waals surface area contributed by atoms with E-state index in [9.17, 15) is 13.6 Å². The van der Waals surface area contributed by atoms with Crippen molar-refractivity contribution in [1.82, 2.24) is 14.9 Å². The second-order valence-corrected chi connectivity index (χ2v) is 12.0. The van der Waals surface area contributed by atoms with Crippen molar-refractivity contribution in [1.29, 1.82) is 0 Å². The number of halogens is 2. The van der Waals surface area contributed by atoms with E-state index in [1.165, 1.54) is 6.07 Å². The first-order valence-electron chi connectivity index (χ1n) is 15.4. The van der Waals surface area contributed by atoms with E-state index in [4.69, 9.17) is 4.98 Å². The molecule has 0 radical (unpaired) electrons. The van der Waals surface area contributed by atoms with Crippen molar-refractivity contribution in [3.05, 3.63) is 126 Å². The lowest BCUT2D eigenvalue weighted by Crippen LogP contribution is -2.35. The van der Waals surface area contributed by atoms with Gasteiger partial charge in [-0.2, -0.15) is 0 Å². The van der Waals surface area contributed by atoms with Gasteiger partial charge in [-0.15, -0.1) is 0 Å². The van der Waals surface area contributed by atoms with E-state index in [1.807, 2.05) is 48.5 Å². The number of anilines is 1. The molecule has 2 amide bonds. The van der Waals surface area contributed by atoms with Gasteiger partial charge in [0.25, 0.3) is 0 Å². The lowest BCUT2D eigenvalue weighted by Gasteiger charge is -2.24. The normalized spacial score (nSPS) is 11.0. The second kappa shape index (κ2) is 16.0. The maximum absolute atomic E-state index is 14.2. The molecule has 0 fully saturated rings. The van der Waals surface area contributed by atoms with Crippen LogP contribution in [0, 0.1) is 11.6 Å². The highest BCUT2D eigenvalue weighted by Crippen LogP contribution is 2.33. The molecular formula is C37H38F2N4OS. The number of carbonyl (C=O) groups excluding carboxylic acids is 1. The van der Waals surface area contributed by atoms with E-state index < -0.39 is 17.7 Å². The van der Waals surface area contributed by atoms with Crippen molar-refractivity contribution in [3.8, 4) is 22.5 Å². The maximum Gasteiger partial charge on any atom is 0.322 e. The largest absolute Gasteiger partial charge is 0.332 e. The molecule has 1 aromatic heterocycles. The molecule has 0 aliphatic carbocycles. The van der Waals surface area contributed by atoms with E-state index in [-0.39, 0.29) is 5.69 Å². The fraction of sp³-hybridized carbons (Fsp3) is 0.243. The second-order valence-electron chi connectivity index (χ2n) is 11.0. The number of aromatic amines is 1. The third-order valence-corrected chi connectivity index (χ3v) is 8.50. The Labute approximate surface area is 268 Å². The van der Waals surface area contributed by atoms with Crippen LogP contribution in [0.2, 0.25) is 0 Å². The molecule has 8 heteroatoms. The fourth-order valence-electron chi connectivity index (χ4n) is 5.10. The van der Waals surface area contributed by atoms with Crippen LogP contribution in [0.3, 0.4) is 0 Å². The van der Waals surface area contributed by atoms with Crippen molar-refractivity contribution in [3.63, 3.8) is 0 Å². The van der Waals surface area contributed by atoms with Gasteiger partial charge >= 0.3 is 6.03 Å². The molecule has 5 nitrogen and oxygen atoms in total. The van der Waals surface area contributed by atoms with Gasteiger partial charge in [0.15, 0.2) is 5.16 Å². The molecule has 0 saturated carbocycles. The number of urea groups is 1. The van der Waals surface area contributed by atoms with Crippen LogP contribution in [0.1, 0.15) is 50.2 Å². The summed E-state index contributed by atoms with van der Waals surface area (Å²) in [5.74, 6) is -0.755. The number of nitrogens with zero attached hydrogens (tertiary/aromatic N) is 2. The van der Waals surface area contributed by atoms with Crippen LogP contribution >= 0.6 is 11.8 Å². The summed E-state index contributed by atoms with van der Waals surface area (Å²) in [6.45, 7) is 3.09. The summed E-state index contributed by atoms with van der Waals surface area (Å²) in [7, 11) is 0. The number of carbonyl (C=O) groups is 1. The quantitative estimate of drug-likeness (QED) is 0.0955. The average molecular weight is 625 g/mol. The summed E-state index contributed by atoms with van der Waals surface area (Å²) < 4.78 is 27.6. The fourth-order valence-corrected chi connectivity index (χ4v) is 5.92. The lowest BCUT2D eigenvalue weighted by molar-refractivity contribution is 0.207. The smallest absolute Gasteiger partial charge is 0.322 e. The van der Waals surface area contributed by atoms with Crippen LogP contribution in [0.5, 0.6) is 0 Å². The zero-order chi connectivity index (χ0) is 31.4. The molecule has 0 unspecified atom stereocenters. The highest BCUT2D eigenvalue weighted by Gasteiger charge is 2.17. The number of benzene rings is 4. The monoisotopic (exact) mass is 624 g/mol. The summed E-state index contributed by atoms with van der Waals surface area (Å²) in [5, 5.41) is 3.46. The number of hydrogen-bond acceptors (Lipinski definition) is 3. The lowest BCUT2D eigenvalue weighted by atomic mass is 10.1. The van der Waals surface area contributed by atoms with Gasteiger partial charge in [-0.3, -0.25) is 0 Å². The summed E-state index contributed by atoms with van der Waals surface area (Å²) in [5.41, 5.74) is 6.13. The number of imidazole rings is 1. The first kappa shape index (κ1) is 32.0. The molecule has 0 saturated heterocycles. The van der Waals surface area contributed by atoms with Gasteiger partial charge in [-0.05, 0) is 29.7 Å². The Bertz CT molecular complexity index is 1600. The Hall–Kier alpha value is -4.43. The summed E-state index contributed by atoms with van der Waals surface area (Å²) in [6, 6.07) is 31.3. The van der Waals surface area contributed by atoms with Gasteiger partial charge in [0.1, 0.15) is 11.6 Å². The molecule has 5 aromatic rings. The van der Waals surface area contributed by atoms with Gasteiger partial charge in [0, 0.05) is 36.0 Å². The van der Waals surface area contributed by atoms with Crippen molar-refractivity contribution >= 4 is 23.5 Å². The Balaban J connectivity index is 1.25. The Morgan fingerprint density at radius 3 is 2.18 bits per heavy atom. The van der Waals surface area contributed by atoms with E-state index in [0.29, 0.717) is 13.1 Å². The number of H-pyrrole nitrogens is 1. The molecular weight excluding hydrogens is 586 g/mol. The summed E-state index contributed by atoms with van der Waals surface area (Å²) in [4.78, 5) is 23.3. The number of aromatic nitrogens is 2. The van der Waals surface area contributed by atoms with E-state index in [0.717, 1.165) is 88.8 Å². The molecule has 5 rings (SSSR count). The third-order valence-electron chi connectivity index (χ3n) is 7.56. The van der Waals surface area contributed by atoms with Gasteiger partial charge in [0.2, 0.25) is 0 Å². The zero-order valence-electron chi connectivity index (χ0n) is 25.4. The number of rotatable bonds is 14. The molecule has 0 aliphatic rings. The molecule has 45 heavy (non-hydrogen) atoms. The average Bonchev–Trinajstić information content (AvgIpc) is 3.50. The molecule has 0 aliphatic heterocycles. The van der Waals surface area contributed by atoms with Gasteiger partial charge < -0.3 is 15.2 Å². The Morgan fingerprint density at radius 2 is 1.49 bits per heavy atom. The summed E-state index contributed by atoms with van der Waals surface area (Å²) in [6.07, 6.45) is 5.28. The third kappa shape index (κ3) is 9.05. The van der Waals surface area contributed by atoms with E-state index in [1.54, 1.807) is 16.7 Å². The first-order chi connectivity index (χ1) is 22.0.